The smallest absolute Gasteiger partial charge is 0.275 e. The van der Waals surface area contributed by atoms with E-state index in [1.165, 1.54) is 0 Å². The van der Waals surface area contributed by atoms with Gasteiger partial charge in [0, 0.05) is 25.6 Å². The number of carbonyl (C=O) groups excluding carboxylic acids is 1. The summed E-state index contributed by atoms with van der Waals surface area (Å²) in [6.45, 7) is 2.22. The third-order valence-corrected chi connectivity index (χ3v) is 3.62. The molecule has 4 nitrogen and oxygen atoms in total. The van der Waals surface area contributed by atoms with Crippen molar-refractivity contribution in [1.82, 2.24) is 5.48 Å². The van der Waals surface area contributed by atoms with E-state index in [1.807, 2.05) is 48.7 Å². The lowest BCUT2D eigenvalue weighted by molar-refractivity contribution is -0.682. The number of halogens is 1. The molecule has 2 aromatic rings. The van der Waals surface area contributed by atoms with Crippen molar-refractivity contribution >= 4 is 23.0 Å². The second-order valence-electron chi connectivity index (χ2n) is 5.07. The van der Waals surface area contributed by atoms with Gasteiger partial charge in [0.05, 0.1) is 6.61 Å². The summed E-state index contributed by atoms with van der Waals surface area (Å²) in [5.74, 6) is 0.0535. The first-order valence-electron chi connectivity index (χ1n) is 7.34. The molecule has 1 N–H and O–H groups in total. The highest BCUT2D eigenvalue weighted by molar-refractivity contribution is 6.28. The summed E-state index contributed by atoms with van der Waals surface area (Å²) >= 11 is 6.17. The van der Waals surface area contributed by atoms with Crippen LogP contribution in [0.2, 0.25) is 5.15 Å². The highest BCUT2D eigenvalue weighted by atomic mass is 35.5. The zero-order valence-electron chi connectivity index (χ0n) is 13.3. The fourth-order valence-corrected chi connectivity index (χ4v) is 2.45. The van der Waals surface area contributed by atoms with Crippen LogP contribution in [0.1, 0.15) is 18.1 Å². The van der Waals surface area contributed by atoms with Crippen LogP contribution in [0.3, 0.4) is 0 Å². The molecule has 0 saturated heterocycles. The first kappa shape index (κ1) is 17.3. The van der Waals surface area contributed by atoms with Crippen molar-refractivity contribution in [3.8, 4) is 0 Å². The van der Waals surface area contributed by atoms with Crippen molar-refractivity contribution < 1.29 is 14.2 Å². The molecular formula is C18H20ClN2O2+. The molecule has 0 atom stereocenters. The van der Waals surface area contributed by atoms with Gasteiger partial charge in [-0.2, -0.15) is 4.57 Å². The number of pyridine rings is 1. The molecule has 23 heavy (non-hydrogen) atoms. The molecular weight excluding hydrogens is 312 g/mol. The zero-order valence-corrected chi connectivity index (χ0v) is 14.0. The number of rotatable bonds is 7. The third-order valence-electron chi connectivity index (χ3n) is 3.27. The maximum absolute atomic E-state index is 11.4. The van der Waals surface area contributed by atoms with Crippen molar-refractivity contribution in [2.45, 2.75) is 13.5 Å². The SMILES string of the molecule is CNOCC=C(c1ccccc1)c1ccc(Cl)[n+](CC(C)=O)c1. The quantitative estimate of drug-likeness (QED) is 0.367. The second-order valence-corrected chi connectivity index (χ2v) is 5.46. The summed E-state index contributed by atoms with van der Waals surface area (Å²) in [6, 6.07) is 13.8. The standard InChI is InChI=1S/C18H20ClN2O2/c1-14(22)12-21-13-16(8-9-18(21)19)17(10-11-23-20-2)15-6-4-3-5-7-15/h3-10,13,20H,11-12H2,1-2H3/q+1. The summed E-state index contributed by atoms with van der Waals surface area (Å²) in [6.07, 6.45) is 3.88. The second kappa shape index (κ2) is 8.58. The highest BCUT2D eigenvalue weighted by Crippen LogP contribution is 2.23. The lowest BCUT2D eigenvalue weighted by atomic mass is 9.99. The fourth-order valence-electron chi connectivity index (χ4n) is 2.28. The number of carbonyl (C=O) groups is 1. The largest absolute Gasteiger partial charge is 0.298 e. The van der Waals surface area contributed by atoms with Crippen LogP contribution in [-0.4, -0.2) is 19.4 Å². The molecule has 120 valence electrons. The predicted molar refractivity (Wildman–Crippen MR) is 90.9 cm³/mol. The Balaban J connectivity index is 2.43. The maximum atomic E-state index is 11.4. The van der Waals surface area contributed by atoms with Gasteiger partial charge >= 0.3 is 0 Å². The molecule has 0 unspecified atom stereocenters. The Morgan fingerprint density at radius 3 is 2.61 bits per heavy atom. The average molecular weight is 332 g/mol. The Hall–Kier alpha value is -2.01. The highest BCUT2D eigenvalue weighted by Gasteiger charge is 2.15. The van der Waals surface area contributed by atoms with Gasteiger partial charge in [-0.05, 0) is 34.9 Å². The van der Waals surface area contributed by atoms with Gasteiger partial charge in [0.25, 0.3) is 5.15 Å². The molecule has 0 fully saturated rings. The molecule has 0 aliphatic rings. The number of benzene rings is 1. The maximum Gasteiger partial charge on any atom is 0.275 e. The fraction of sp³-hybridized carbons (Fsp3) is 0.222. The number of hydrogen-bond acceptors (Lipinski definition) is 3. The summed E-state index contributed by atoms with van der Waals surface area (Å²) in [5, 5.41) is 0.530. The van der Waals surface area contributed by atoms with Crippen molar-refractivity contribution in [1.29, 1.82) is 0 Å². The number of nitrogens with one attached hydrogen (secondary N) is 1. The topological polar surface area (TPSA) is 42.2 Å². The van der Waals surface area contributed by atoms with Gasteiger partial charge in [0.15, 0.2) is 12.0 Å². The first-order valence-corrected chi connectivity index (χ1v) is 7.72. The van der Waals surface area contributed by atoms with Crippen molar-refractivity contribution in [2.24, 2.45) is 0 Å². The molecule has 0 spiro atoms. The minimum absolute atomic E-state index is 0.0535. The molecule has 1 aromatic carbocycles. The van der Waals surface area contributed by atoms with Crippen molar-refractivity contribution in [3.63, 3.8) is 0 Å². The third kappa shape index (κ3) is 4.99. The summed E-state index contributed by atoms with van der Waals surface area (Å²) in [5.41, 5.74) is 5.73. The van der Waals surface area contributed by atoms with E-state index in [0.29, 0.717) is 11.8 Å². The molecule has 0 radical (unpaired) electrons. The van der Waals surface area contributed by atoms with Gasteiger partial charge in [-0.1, -0.05) is 30.3 Å². The van der Waals surface area contributed by atoms with E-state index in [0.717, 1.165) is 16.7 Å². The van der Waals surface area contributed by atoms with Crippen LogP contribution < -0.4 is 10.0 Å². The number of nitrogens with zero attached hydrogens (tertiary/aromatic N) is 1. The molecule has 2 rings (SSSR count). The van der Waals surface area contributed by atoms with Crippen molar-refractivity contribution in [2.75, 3.05) is 13.7 Å². The van der Waals surface area contributed by atoms with Crippen molar-refractivity contribution in [3.05, 3.63) is 71.0 Å². The molecule has 1 heterocycles. The number of aromatic nitrogens is 1. The van der Waals surface area contributed by atoms with Gasteiger partial charge in [-0.3, -0.25) is 9.63 Å². The molecule has 0 aliphatic heterocycles. The predicted octanol–water partition coefficient (Wildman–Crippen LogP) is 2.80. The van der Waals surface area contributed by atoms with Gasteiger partial charge < -0.3 is 0 Å². The number of hydrogen-bond donors (Lipinski definition) is 1. The van der Waals surface area contributed by atoms with Crippen LogP contribution in [0.5, 0.6) is 0 Å². The molecule has 0 aliphatic carbocycles. The van der Waals surface area contributed by atoms with E-state index in [4.69, 9.17) is 16.4 Å². The Morgan fingerprint density at radius 1 is 1.22 bits per heavy atom. The van der Waals surface area contributed by atoms with Crippen LogP contribution in [-0.2, 0) is 16.2 Å². The number of ketones is 1. The Morgan fingerprint density at radius 2 is 1.96 bits per heavy atom. The number of hydroxylamine groups is 1. The summed E-state index contributed by atoms with van der Waals surface area (Å²) < 4.78 is 1.74. The number of Topliss-reactive ketones (excluding diaryl/α,β-unsaturated/α-hetero) is 1. The van der Waals surface area contributed by atoms with E-state index in [9.17, 15) is 4.79 Å². The van der Waals surface area contributed by atoms with Crippen LogP contribution in [0.25, 0.3) is 5.57 Å². The Bertz CT molecular complexity index is 699. The Kier molecular flexibility index (Phi) is 6.47. The normalized spacial score (nSPS) is 11.5. The van der Waals surface area contributed by atoms with Gasteiger partial charge in [-0.25, -0.2) is 5.48 Å². The molecule has 0 saturated carbocycles. The molecule has 0 amide bonds. The molecule has 0 bridgehead atoms. The first-order chi connectivity index (χ1) is 11.1. The van der Waals surface area contributed by atoms with E-state index in [-0.39, 0.29) is 12.3 Å². The van der Waals surface area contributed by atoms with Gasteiger partial charge in [0.2, 0.25) is 6.54 Å². The van der Waals surface area contributed by atoms with Crippen LogP contribution >= 0.6 is 11.6 Å². The van der Waals surface area contributed by atoms with Crippen LogP contribution in [0.4, 0.5) is 0 Å². The Labute approximate surface area is 141 Å². The minimum atomic E-state index is 0.0535. The lowest BCUT2D eigenvalue weighted by Gasteiger charge is -2.08. The van der Waals surface area contributed by atoms with Crippen LogP contribution in [0.15, 0.2) is 54.7 Å². The molecule has 5 heteroatoms. The van der Waals surface area contributed by atoms with E-state index in [2.05, 4.69) is 5.48 Å². The summed E-state index contributed by atoms with van der Waals surface area (Å²) in [4.78, 5) is 16.6. The van der Waals surface area contributed by atoms with E-state index < -0.39 is 0 Å². The van der Waals surface area contributed by atoms with E-state index >= 15 is 0 Å². The van der Waals surface area contributed by atoms with Gasteiger partial charge in [-0.15, -0.1) is 0 Å². The van der Waals surface area contributed by atoms with E-state index in [1.54, 1.807) is 24.6 Å². The zero-order chi connectivity index (χ0) is 16.7. The van der Waals surface area contributed by atoms with Crippen LogP contribution in [0, 0.1) is 0 Å². The monoisotopic (exact) mass is 331 g/mol. The summed E-state index contributed by atoms with van der Waals surface area (Å²) in [7, 11) is 1.72. The minimum Gasteiger partial charge on any atom is -0.298 e. The van der Waals surface area contributed by atoms with Gasteiger partial charge in [0.1, 0.15) is 0 Å². The average Bonchev–Trinajstić information content (AvgIpc) is 2.54. The molecule has 1 aromatic heterocycles. The lowest BCUT2D eigenvalue weighted by Crippen LogP contribution is -2.38.